The van der Waals surface area contributed by atoms with Gasteiger partial charge in [0.2, 0.25) is 0 Å². The van der Waals surface area contributed by atoms with Crippen molar-refractivity contribution >= 4 is 46.3 Å². The van der Waals surface area contributed by atoms with Crippen LogP contribution in [0, 0.1) is 15.9 Å². The molecule has 0 radical (unpaired) electrons. The number of fused-ring (bicyclic) bond motifs is 1. The van der Waals surface area contributed by atoms with Crippen molar-refractivity contribution in [2.75, 3.05) is 5.32 Å². The lowest BCUT2D eigenvalue weighted by Gasteiger charge is -2.25. The Labute approximate surface area is 223 Å². The summed E-state index contributed by atoms with van der Waals surface area (Å²) in [5.41, 5.74) is 1.69. The molecule has 190 valence electrons. The van der Waals surface area contributed by atoms with Crippen LogP contribution < -0.4 is 20.2 Å². The number of hydrogen-bond acceptors (Lipinski definition) is 6. The molecule has 38 heavy (non-hydrogen) atoms. The number of thiazole rings is 1. The van der Waals surface area contributed by atoms with Gasteiger partial charge in [-0.05, 0) is 72.7 Å². The highest BCUT2D eigenvalue weighted by Crippen LogP contribution is 2.31. The molecule has 11 heteroatoms. The number of carbonyl (C=O) groups is 1. The van der Waals surface area contributed by atoms with E-state index in [-0.39, 0.29) is 16.8 Å². The number of hydrogen-bond donors (Lipinski definition) is 1. The van der Waals surface area contributed by atoms with Crippen molar-refractivity contribution in [3.8, 4) is 0 Å². The molecular formula is C27H18ClFN4O4S. The van der Waals surface area contributed by atoms with Gasteiger partial charge in [0, 0.05) is 22.8 Å². The van der Waals surface area contributed by atoms with Crippen LogP contribution in [0.3, 0.4) is 0 Å². The first-order valence-corrected chi connectivity index (χ1v) is 12.5. The number of non-ortho nitro benzene ring substituents is 1. The third kappa shape index (κ3) is 4.91. The maximum atomic E-state index is 13.7. The van der Waals surface area contributed by atoms with Gasteiger partial charge in [-0.3, -0.25) is 24.3 Å². The number of nitrogens with one attached hydrogen (secondary N) is 1. The van der Waals surface area contributed by atoms with Gasteiger partial charge in [0.1, 0.15) is 5.82 Å². The number of carbonyl (C=O) groups excluding carboxylic acids is 1. The molecule has 3 aromatic carbocycles. The van der Waals surface area contributed by atoms with E-state index in [4.69, 9.17) is 11.6 Å². The molecular weight excluding hydrogens is 531 g/mol. The molecule has 5 rings (SSSR count). The molecule has 1 atom stereocenters. The van der Waals surface area contributed by atoms with Gasteiger partial charge in [0.25, 0.3) is 17.2 Å². The molecule has 1 N–H and O–H groups in total. The number of allylic oxidation sites excluding steroid dienone is 1. The first kappa shape index (κ1) is 25.2. The van der Waals surface area contributed by atoms with E-state index in [1.807, 2.05) is 0 Å². The van der Waals surface area contributed by atoms with Crippen molar-refractivity contribution in [1.29, 1.82) is 0 Å². The number of nitro benzene ring substituents is 1. The van der Waals surface area contributed by atoms with Crippen molar-refractivity contribution in [1.82, 2.24) is 4.57 Å². The first-order chi connectivity index (χ1) is 18.2. The van der Waals surface area contributed by atoms with E-state index in [0.717, 1.165) is 5.56 Å². The van der Waals surface area contributed by atoms with Crippen LogP contribution in [0.5, 0.6) is 0 Å². The van der Waals surface area contributed by atoms with Crippen LogP contribution in [-0.4, -0.2) is 15.4 Å². The van der Waals surface area contributed by atoms with Crippen LogP contribution in [-0.2, 0) is 4.79 Å². The fraction of sp³-hybridized carbons (Fsp3) is 0.0741. The lowest BCUT2D eigenvalue weighted by atomic mass is 9.95. The fourth-order valence-electron chi connectivity index (χ4n) is 4.15. The third-order valence-corrected chi connectivity index (χ3v) is 7.19. The molecule has 2 heterocycles. The lowest BCUT2D eigenvalue weighted by Crippen LogP contribution is -2.40. The van der Waals surface area contributed by atoms with E-state index in [9.17, 15) is 24.1 Å². The second kappa shape index (κ2) is 10.2. The number of rotatable bonds is 5. The summed E-state index contributed by atoms with van der Waals surface area (Å²) in [5, 5.41) is 14.5. The number of amides is 1. The minimum atomic E-state index is -0.903. The Kier molecular flexibility index (Phi) is 6.75. The number of benzene rings is 3. The smallest absolute Gasteiger partial charge is 0.271 e. The Morgan fingerprint density at radius 2 is 1.76 bits per heavy atom. The maximum Gasteiger partial charge on any atom is 0.271 e. The second-order valence-corrected chi connectivity index (χ2v) is 9.89. The van der Waals surface area contributed by atoms with Gasteiger partial charge < -0.3 is 5.32 Å². The molecule has 8 nitrogen and oxygen atoms in total. The minimum absolute atomic E-state index is 0.123. The van der Waals surface area contributed by atoms with Gasteiger partial charge in [-0.1, -0.05) is 35.1 Å². The van der Waals surface area contributed by atoms with Crippen LogP contribution in [0.25, 0.3) is 6.08 Å². The molecule has 0 saturated heterocycles. The van der Waals surface area contributed by atoms with Crippen molar-refractivity contribution in [2.24, 2.45) is 4.99 Å². The molecule has 0 aliphatic carbocycles. The lowest BCUT2D eigenvalue weighted by molar-refractivity contribution is -0.384. The van der Waals surface area contributed by atoms with E-state index in [0.29, 0.717) is 31.3 Å². The summed E-state index contributed by atoms with van der Waals surface area (Å²) in [7, 11) is 0. The first-order valence-electron chi connectivity index (χ1n) is 11.3. The highest BCUT2D eigenvalue weighted by atomic mass is 35.5. The molecule has 0 fully saturated rings. The molecule has 0 saturated carbocycles. The van der Waals surface area contributed by atoms with E-state index in [1.54, 1.807) is 37.3 Å². The number of aromatic nitrogens is 1. The second-order valence-electron chi connectivity index (χ2n) is 8.44. The van der Waals surface area contributed by atoms with Crippen LogP contribution in [0.15, 0.2) is 93.9 Å². The average molecular weight is 549 g/mol. The SMILES string of the molecule is CC1=C(C(=O)Nc2ccc(F)cc2)C(c2ccc([N+](=O)[O-])cc2)n2c(s/c(=C/c3ccc(Cl)cc3)c2=O)=N1. The highest BCUT2D eigenvalue weighted by molar-refractivity contribution is 7.07. The maximum absolute atomic E-state index is 13.7. The van der Waals surface area contributed by atoms with Crippen molar-refractivity contribution in [3.05, 3.63) is 136 Å². The summed E-state index contributed by atoms with van der Waals surface area (Å²) >= 11 is 7.15. The van der Waals surface area contributed by atoms with Gasteiger partial charge in [0.05, 0.1) is 26.8 Å². The summed E-state index contributed by atoms with van der Waals surface area (Å²) in [5.74, 6) is -0.984. The topological polar surface area (TPSA) is 107 Å². The third-order valence-electron chi connectivity index (χ3n) is 5.96. The predicted octanol–water partition coefficient (Wildman–Crippen LogP) is 4.57. The largest absolute Gasteiger partial charge is 0.322 e. The van der Waals surface area contributed by atoms with E-state index >= 15 is 0 Å². The average Bonchev–Trinajstić information content (AvgIpc) is 3.20. The molecule has 4 aromatic rings. The molecule has 1 amide bonds. The normalized spacial score (nSPS) is 15.1. The Morgan fingerprint density at radius 1 is 1.11 bits per heavy atom. The molecule has 1 aromatic heterocycles. The van der Waals surface area contributed by atoms with Gasteiger partial charge in [-0.25, -0.2) is 9.38 Å². The summed E-state index contributed by atoms with van der Waals surface area (Å²) in [4.78, 5) is 42.8. The van der Waals surface area contributed by atoms with E-state index in [2.05, 4.69) is 10.3 Å². The Morgan fingerprint density at radius 3 is 2.39 bits per heavy atom. The van der Waals surface area contributed by atoms with Crippen LogP contribution in [0.4, 0.5) is 15.8 Å². The summed E-state index contributed by atoms with van der Waals surface area (Å²) in [6, 6.07) is 17.0. The van der Waals surface area contributed by atoms with Gasteiger partial charge >= 0.3 is 0 Å². The molecule has 0 bridgehead atoms. The zero-order valence-electron chi connectivity index (χ0n) is 19.7. The van der Waals surface area contributed by atoms with Gasteiger partial charge in [-0.15, -0.1) is 0 Å². The van der Waals surface area contributed by atoms with E-state index < -0.39 is 22.7 Å². The Balaban J connectivity index is 1.66. The highest BCUT2D eigenvalue weighted by Gasteiger charge is 2.32. The van der Waals surface area contributed by atoms with Gasteiger partial charge in [-0.2, -0.15) is 0 Å². The predicted molar refractivity (Wildman–Crippen MR) is 143 cm³/mol. The van der Waals surface area contributed by atoms with Crippen LogP contribution in [0.2, 0.25) is 5.02 Å². The summed E-state index contributed by atoms with van der Waals surface area (Å²) in [6.07, 6.45) is 1.71. The molecule has 1 aliphatic heterocycles. The zero-order chi connectivity index (χ0) is 27.0. The molecule has 0 spiro atoms. The van der Waals surface area contributed by atoms with Crippen LogP contribution in [0.1, 0.15) is 24.1 Å². The fourth-order valence-corrected chi connectivity index (χ4v) is 5.32. The standard InChI is InChI=1S/C27H18ClFN4O4S/c1-15-23(25(34)31-20-10-8-19(29)9-11-20)24(17-4-12-21(13-5-17)33(36)37)32-26(35)22(38-27(32)30-15)14-16-2-6-18(28)7-3-16/h2-14,24H,1H3,(H,31,34)/b22-14+. The quantitative estimate of drug-likeness (QED) is 0.291. The number of anilines is 1. The van der Waals surface area contributed by atoms with E-state index in [1.165, 1.54) is 64.4 Å². The zero-order valence-corrected chi connectivity index (χ0v) is 21.3. The number of halogens is 2. The monoisotopic (exact) mass is 548 g/mol. The van der Waals surface area contributed by atoms with Crippen LogP contribution >= 0.6 is 22.9 Å². The number of nitro groups is 1. The summed E-state index contributed by atoms with van der Waals surface area (Å²) in [6.45, 7) is 1.66. The number of nitrogens with zero attached hydrogens (tertiary/aromatic N) is 3. The van der Waals surface area contributed by atoms with Crippen molar-refractivity contribution in [2.45, 2.75) is 13.0 Å². The molecule has 1 unspecified atom stereocenters. The Bertz CT molecular complexity index is 1780. The summed E-state index contributed by atoms with van der Waals surface area (Å²) < 4.78 is 15.2. The van der Waals surface area contributed by atoms with Gasteiger partial charge in [0.15, 0.2) is 4.80 Å². The minimum Gasteiger partial charge on any atom is -0.322 e. The van der Waals surface area contributed by atoms with Crippen molar-refractivity contribution < 1.29 is 14.1 Å². The van der Waals surface area contributed by atoms with Crippen molar-refractivity contribution in [3.63, 3.8) is 0 Å². The molecule has 1 aliphatic rings. The Hall–Kier alpha value is -4.41.